The summed E-state index contributed by atoms with van der Waals surface area (Å²) in [5, 5.41) is 6.11. The van der Waals surface area contributed by atoms with Crippen LogP contribution in [0, 0.1) is 5.82 Å². The van der Waals surface area contributed by atoms with Crippen LogP contribution < -0.4 is 15.4 Å². The Labute approximate surface area is 177 Å². The number of aliphatic imine (C=N–C) groups is 1. The monoisotopic (exact) mass is 512 g/mol. The molecule has 0 radical (unpaired) electrons. The molecule has 0 spiro atoms. The number of aromatic nitrogens is 1. The van der Waals surface area contributed by atoms with Crippen LogP contribution >= 0.6 is 24.0 Å². The topological polar surface area (TPSA) is 58.5 Å². The molecule has 1 aromatic heterocycles. The lowest BCUT2D eigenvalue weighted by Gasteiger charge is -2.12. The average Bonchev–Trinajstić information content (AvgIpc) is 2.62. The highest BCUT2D eigenvalue weighted by atomic mass is 127. The Hall–Kier alpha value is -2.11. The molecule has 1 heterocycles. The van der Waals surface area contributed by atoms with Crippen LogP contribution in [0.4, 0.5) is 17.6 Å². The van der Waals surface area contributed by atoms with Gasteiger partial charge in [0, 0.05) is 25.4 Å². The van der Waals surface area contributed by atoms with Gasteiger partial charge in [-0.05, 0) is 36.2 Å². The third-order valence-electron chi connectivity index (χ3n) is 3.30. The van der Waals surface area contributed by atoms with Crippen LogP contribution in [-0.2, 0) is 13.1 Å². The van der Waals surface area contributed by atoms with Gasteiger partial charge in [0.1, 0.15) is 5.82 Å². The van der Waals surface area contributed by atoms with Crippen LogP contribution in [0.3, 0.4) is 0 Å². The van der Waals surface area contributed by atoms with Gasteiger partial charge >= 0.3 is 6.18 Å². The number of benzene rings is 1. The quantitative estimate of drug-likeness (QED) is 0.255. The van der Waals surface area contributed by atoms with Gasteiger partial charge in [0.15, 0.2) is 12.6 Å². The molecule has 154 valence electrons. The number of halogens is 5. The molecule has 0 aliphatic heterocycles. The van der Waals surface area contributed by atoms with E-state index >= 15 is 0 Å². The summed E-state index contributed by atoms with van der Waals surface area (Å²) < 4.78 is 54.5. The number of nitrogens with zero attached hydrogens (tertiary/aromatic N) is 2. The second kappa shape index (κ2) is 11.7. The first-order valence-electron chi connectivity index (χ1n) is 8.27. The number of ether oxygens (including phenoxy) is 1. The van der Waals surface area contributed by atoms with E-state index in [2.05, 4.69) is 25.3 Å². The lowest BCUT2D eigenvalue weighted by molar-refractivity contribution is -0.154. The fourth-order valence-electron chi connectivity index (χ4n) is 2.13. The number of hydrogen-bond donors (Lipinski definition) is 2. The second-order valence-corrected chi connectivity index (χ2v) is 5.58. The maximum atomic E-state index is 13.2. The SMILES string of the molecule is CCNC(=NCc1cccc(F)c1)NCc1ccnc(OCC(F)(F)F)c1.I. The number of alkyl halides is 3. The molecular formula is C18H21F4IN4O. The minimum atomic E-state index is -4.42. The van der Waals surface area contributed by atoms with Gasteiger partial charge in [-0.3, -0.25) is 0 Å². The summed E-state index contributed by atoms with van der Waals surface area (Å²) in [6.45, 7) is 1.71. The minimum Gasteiger partial charge on any atom is -0.468 e. The molecule has 0 saturated heterocycles. The zero-order chi connectivity index (χ0) is 19.7. The van der Waals surface area contributed by atoms with Crippen molar-refractivity contribution in [1.82, 2.24) is 15.6 Å². The molecule has 0 amide bonds. The lowest BCUT2D eigenvalue weighted by Crippen LogP contribution is -2.36. The van der Waals surface area contributed by atoms with Crippen LogP contribution in [0.25, 0.3) is 0 Å². The van der Waals surface area contributed by atoms with Crippen molar-refractivity contribution in [3.05, 3.63) is 59.5 Å². The number of nitrogens with one attached hydrogen (secondary N) is 2. The number of pyridine rings is 1. The molecule has 0 fully saturated rings. The number of guanidine groups is 1. The average molecular weight is 512 g/mol. The van der Waals surface area contributed by atoms with Gasteiger partial charge in [0.2, 0.25) is 5.88 Å². The minimum absolute atomic E-state index is 0. The number of rotatable bonds is 7. The standard InChI is InChI=1S/C18H20F4N4O.HI/c1-2-23-17(25-10-13-4-3-5-15(19)8-13)26-11-14-6-7-24-16(9-14)27-12-18(20,21)22;/h3-9H,2,10-12H2,1H3,(H2,23,25,26);1H. The van der Waals surface area contributed by atoms with Crippen LogP contribution in [0.2, 0.25) is 0 Å². The van der Waals surface area contributed by atoms with Gasteiger partial charge in [-0.15, -0.1) is 24.0 Å². The summed E-state index contributed by atoms with van der Waals surface area (Å²) in [5.74, 6) is 0.0634. The zero-order valence-electron chi connectivity index (χ0n) is 15.1. The predicted molar refractivity (Wildman–Crippen MR) is 109 cm³/mol. The molecule has 0 bridgehead atoms. The molecule has 5 nitrogen and oxygen atoms in total. The molecule has 1 aromatic carbocycles. The van der Waals surface area contributed by atoms with Crippen molar-refractivity contribution in [1.29, 1.82) is 0 Å². The van der Waals surface area contributed by atoms with Crippen molar-refractivity contribution in [2.75, 3.05) is 13.2 Å². The van der Waals surface area contributed by atoms with E-state index < -0.39 is 12.8 Å². The maximum absolute atomic E-state index is 13.2. The van der Waals surface area contributed by atoms with Crippen molar-refractivity contribution in [3.8, 4) is 5.88 Å². The normalized spacial score (nSPS) is 11.5. The molecule has 0 atom stereocenters. The Bertz CT molecular complexity index is 771. The van der Waals surface area contributed by atoms with E-state index in [0.29, 0.717) is 24.6 Å². The fraction of sp³-hybridized carbons (Fsp3) is 0.333. The van der Waals surface area contributed by atoms with Crippen molar-refractivity contribution in [2.45, 2.75) is 26.2 Å². The molecule has 0 aliphatic rings. The van der Waals surface area contributed by atoms with Crippen molar-refractivity contribution in [3.63, 3.8) is 0 Å². The number of hydrogen-bond acceptors (Lipinski definition) is 3. The largest absolute Gasteiger partial charge is 0.468 e. The maximum Gasteiger partial charge on any atom is 0.422 e. The van der Waals surface area contributed by atoms with Gasteiger partial charge in [0.05, 0.1) is 6.54 Å². The third-order valence-corrected chi connectivity index (χ3v) is 3.30. The van der Waals surface area contributed by atoms with Crippen molar-refractivity contribution < 1.29 is 22.3 Å². The molecule has 2 rings (SSSR count). The molecule has 0 aliphatic carbocycles. The molecule has 10 heteroatoms. The zero-order valence-corrected chi connectivity index (χ0v) is 17.4. The van der Waals surface area contributed by atoms with E-state index in [-0.39, 0.29) is 42.2 Å². The molecule has 0 saturated carbocycles. The highest BCUT2D eigenvalue weighted by molar-refractivity contribution is 14.0. The first-order chi connectivity index (χ1) is 12.9. The summed E-state index contributed by atoms with van der Waals surface area (Å²) in [5.41, 5.74) is 1.40. The summed E-state index contributed by atoms with van der Waals surface area (Å²) in [6.07, 6.45) is -3.04. The highest BCUT2D eigenvalue weighted by Crippen LogP contribution is 2.17. The van der Waals surface area contributed by atoms with E-state index in [0.717, 1.165) is 5.56 Å². The van der Waals surface area contributed by atoms with Gasteiger partial charge in [-0.1, -0.05) is 12.1 Å². The van der Waals surface area contributed by atoms with Gasteiger partial charge in [-0.2, -0.15) is 13.2 Å². The molecule has 2 N–H and O–H groups in total. The smallest absolute Gasteiger partial charge is 0.422 e. The fourth-order valence-corrected chi connectivity index (χ4v) is 2.13. The van der Waals surface area contributed by atoms with Gasteiger partial charge < -0.3 is 15.4 Å². The predicted octanol–water partition coefficient (Wildman–Crippen LogP) is 4.04. The lowest BCUT2D eigenvalue weighted by atomic mass is 10.2. The second-order valence-electron chi connectivity index (χ2n) is 5.58. The van der Waals surface area contributed by atoms with Crippen LogP contribution in [0.1, 0.15) is 18.1 Å². The van der Waals surface area contributed by atoms with Crippen molar-refractivity contribution >= 4 is 29.9 Å². The van der Waals surface area contributed by atoms with E-state index in [9.17, 15) is 17.6 Å². The molecular weight excluding hydrogens is 491 g/mol. The van der Waals surface area contributed by atoms with E-state index in [1.165, 1.54) is 24.4 Å². The molecule has 0 unspecified atom stereocenters. The Morgan fingerprint density at radius 2 is 1.93 bits per heavy atom. The summed E-state index contributed by atoms with van der Waals surface area (Å²) in [7, 11) is 0. The van der Waals surface area contributed by atoms with Crippen LogP contribution in [-0.4, -0.2) is 30.3 Å². The summed E-state index contributed by atoms with van der Waals surface area (Å²) in [4.78, 5) is 8.12. The van der Waals surface area contributed by atoms with Gasteiger partial charge in [0.25, 0.3) is 0 Å². The van der Waals surface area contributed by atoms with E-state index in [4.69, 9.17) is 0 Å². The van der Waals surface area contributed by atoms with Crippen molar-refractivity contribution in [2.24, 2.45) is 4.99 Å². The molecule has 2 aromatic rings. The Kier molecular flexibility index (Phi) is 9.97. The van der Waals surface area contributed by atoms with Crippen LogP contribution in [0.5, 0.6) is 5.88 Å². The summed E-state index contributed by atoms with van der Waals surface area (Å²) in [6, 6.07) is 9.22. The highest BCUT2D eigenvalue weighted by Gasteiger charge is 2.28. The first-order valence-corrected chi connectivity index (χ1v) is 8.27. The summed E-state index contributed by atoms with van der Waals surface area (Å²) >= 11 is 0. The Morgan fingerprint density at radius 1 is 1.14 bits per heavy atom. The van der Waals surface area contributed by atoms with E-state index in [1.807, 2.05) is 6.92 Å². The van der Waals surface area contributed by atoms with E-state index in [1.54, 1.807) is 18.2 Å². The van der Waals surface area contributed by atoms with Crippen LogP contribution in [0.15, 0.2) is 47.6 Å². The molecule has 28 heavy (non-hydrogen) atoms. The Balaban J connectivity index is 0.00000392. The third kappa shape index (κ3) is 9.20. The Morgan fingerprint density at radius 3 is 2.61 bits per heavy atom. The van der Waals surface area contributed by atoms with Gasteiger partial charge in [-0.25, -0.2) is 14.4 Å². The first kappa shape index (κ1) is 23.9.